The minimum Gasteiger partial charge on any atom is -0.496 e. The molecule has 0 radical (unpaired) electrons. The number of anilines is 1. The molecule has 0 heterocycles. The number of nitrogens with one attached hydrogen (secondary N) is 1. The molecule has 7 nitrogen and oxygen atoms in total. The summed E-state index contributed by atoms with van der Waals surface area (Å²) in [5.41, 5.74) is 3.70. The lowest BCUT2D eigenvalue weighted by Crippen LogP contribution is -2.39. The van der Waals surface area contributed by atoms with Gasteiger partial charge in [-0.15, -0.1) is 0 Å². The van der Waals surface area contributed by atoms with Crippen LogP contribution in [0, 0.1) is 6.92 Å². The molecule has 0 saturated carbocycles. The van der Waals surface area contributed by atoms with E-state index in [2.05, 4.69) is 25.2 Å². The molecule has 0 aliphatic heterocycles. The second-order valence-corrected chi connectivity index (χ2v) is 10.6. The third-order valence-corrected chi connectivity index (χ3v) is 6.91. The summed E-state index contributed by atoms with van der Waals surface area (Å²) in [7, 11) is -0.192. The van der Waals surface area contributed by atoms with Gasteiger partial charge in [0.2, 0.25) is 10.0 Å². The van der Waals surface area contributed by atoms with E-state index in [1.807, 2.05) is 26.8 Å². The Morgan fingerprint density at radius 3 is 2.18 bits per heavy atom. The maximum atomic E-state index is 13.0. The fraction of sp³-hybridized carbons (Fsp3) is 0.480. The molecule has 2 unspecified atom stereocenters. The first-order valence-corrected chi connectivity index (χ1v) is 12.9. The van der Waals surface area contributed by atoms with Crippen LogP contribution in [0.5, 0.6) is 11.5 Å². The number of amides is 1. The fourth-order valence-corrected chi connectivity index (χ4v) is 4.11. The number of aryl methyl sites for hydroxylation is 1. The Labute approximate surface area is 198 Å². The number of benzene rings is 2. The van der Waals surface area contributed by atoms with Crippen LogP contribution in [-0.4, -0.2) is 40.8 Å². The van der Waals surface area contributed by atoms with E-state index in [9.17, 15) is 13.2 Å². The normalized spacial score (nSPS) is 13.4. The summed E-state index contributed by atoms with van der Waals surface area (Å²) in [6, 6.07) is 10.5. The predicted octanol–water partition coefficient (Wildman–Crippen LogP) is 4.56. The van der Waals surface area contributed by atoms with Crippen molar-refractivity contribution in [1.29, 1.82) is 0 Å². The molecule has 2 aromatic rings. The summed E-state index contributed by atoms with van der Waals surface area (Å²) in [6.45, 7) is 10.1. The Balaban J connectivity index is 2.14. The molecule has 0 aromatic heterocycles. The second kappa shape index (κ2) is 10.9. The zero-order valence-electron chi connectivity index (χ0n) is 20.8. The average Bonchev–Trinajstić information content (AvgIpc) is 2.75. The van der Waals surface area contributed by atoms with Gasteiger partial charge in [-0.3, -0.25) is 9.10 Å². The molecule has 0 bridgehead atoms. The average molecular weight is 477 g/mol. The van der Waals surface area contributed by atoms with Gasteiger partial charge >= 0.3 is 0 Å². The van der Waals surface area contributed by atoms with Crippen molar-refractivity contribution >= 4 is 21.6 Å². The Bertz CT molecular complexity index is 1060. The van der Waals surface area contributed by atoms with Crippen LogP contribution in [0.25, 0.3) is 0 Å². The topological polar surface area (TPSA) is 84.9 Å². The number of carbonyl (C=O) groups excluding carboxylic acids is 1. The predicted molar refractivity (Wildman–Crippen MR) is 133 cm³/mol. The van der Waals surface area contributed by atoms with Gasteiger partial charge in [0.15, 0.2) is 6.10 Å². The number of ether oxygens (including phenoxy) is 2. The van der Waals surface area contributed by atoms with E-state index < -0.39 is 16.1 Å². The molecule has 2 atom stereocenters. The molecule has 1 N–H and O–H groups in total. The van der Waals surface area contributed by atoms with Gasteiger partial charge in [-0.25, -0.2) is 8.42 Å². The van der Waals surface area contributed by atoms with Gasteiger partial charge in [-0.05, 0) is 79.3 Å². The third-order valence-electron chi connectivity index (χ3n) is 5.71. The number of nitrogens with zero attached hydrogens (tertiary/aromatic N) is 1. The van der Waals surface area contributed by atoms with Gasteiger partial charge in [0.25, 0.3) is 5.91 Å². The molecule has 0 aliphatic rings. The number of carbonyl (C=O) groups is 1. The first-order chi connectivity index (χ1) is 15.4. The van der Waals surface area contributed by atoms with Crippen LogP contribution in [0.2, 0.25) is 0 Å². The van der Waals surface area contributed by atoms with Crippen LogP contribution >= 0.6 is 0 Å². The molecule has 0 aliphatic carbocycles. The highest BCUT2D eigenvalue weighted by Crippen LogP contribution is 2.32. The van der Waals surface area contributed by atoms with Crippen LogP contribution in [-0.2, 0) is 14.8 Å². The van der Waals surface area contributed by atoms with E-state index in [1.165, 1.54) is 11.4 Å². The number of rotatable bonds is 10. The summed E-state index contributed by atoms with van der Waals surface area (Å²) in [6.07, 6.45) is 0.960. The van der Waals surface area contributed by atoms with Crippen LogP contribution < -0.4 is 19.1 Å². The first kappa shape index (κ1) is 26.5. The molecular weight excluding hydrogens is 440 g/mol. The van der Waals surface area contributed by atoms with Crippen molar-refractivity contribution in [3.63, 3.8) is 0 Å². The van der Waals surface area contributed by atoms with Gasteiger partial charge in [-0.2, -0.15) is 0 Å². The van der Waals surface area contributed by atoms with E-state index >= 15 is 0 Å². The summed E-state index contributed by atoms with van der Waals surface area (Å²) in [5, 5.41) is 3.07. The molecule has 182 valence electrons. The molecule has 2 aromatic carbocycles. The second-order valence-electron chi connectivity index (χ2n) is 8.57. The van der Waals surface area contributed by atoms with E-state index in [1.54, 1.807) is 31.4 Å². The Hall–Kier alpha value is -2.74. The highest BCUT2D eigenvalue weighted by molar-refractivity contribution is 7.92. The van der Waals surface area contributed by atoms with Gasteiger partial charge < -0.3 is 14.8 Å². The highest BCUT2D eigenvalue weighted by atomic mass is 32.2. The zero-order valence-corrected chi connectivity index (χ0v) is 21.6. The molecular formula is C25H36N2O5S. The largest absolute Gasteiger partial charge is 0.496 e. The molecule has 0 saturated heterocycles. The highest BCUT2D eigenvalue weighted by Gasteiger charge is 2.23. The van der Waals surface area contributed by atoms with Gasteiger partial charge in [0, 0.05) is 7.05 Å². The van der Waals surface area contributed by atoms with Crippen LogP contribution in [0.3, 0.4) is 0 Å². The quantitative estimate of drug-likeness (QED) is 0.543. The number of methoxy groups -OCH3 is 1. The summed E-state index contributed by atoms with van der Waals surface area (Å²) >= 11 is 0. The lowest BCUT2D eigenvalue weighted by Gasteiger charge is -2.24. The van der Waals surface area contributed by atoms with Crippen molar-refractivity contribution in [3.8, 4) is 11.5 Å². The Morgan fingerprint density at radius 1 is 1.09 bits per heavy atom. The van der Waals surface area contributed by atoms with Gasteiger partial charge in [0.1, 0.15) is 11.5 Å². The monoisotopic (exact) mass is 476 g/mol. The van der Waals surface area contributed by atoms with Crippen LogP contribution in [0.1, 0.15) is 62.8 Å². The van der Waals surface area contributed by atoms with Crippen molar-refractivity contribution in [2.45, 2.75) is 59.1 Å². The smallest absolute Gasteiger partial charge is 0.261 e. The van der Waals surface area contributed by atoms with E-state index in [4.69, 9.17) is 9.47 Å². The Kier molecular flexibility index (Phi) is 8.77. The molecule has 8 heteroatoms. The molecule has 33 heavy (non-hydrogen) atoms. The van der Waals surface area contributed by atoms with E-state index in [0.717, 1.165) is 28.7 Å². The van der Waals surface area contributed by atoms with Gasteiger partial charge in [-0.1, -0.05) is 20.8 Å². The summed E-state index contributed by atoms with van der Waals surface area (Å²) < 4.78 is 36.0. The standard InChI is InChI=1S/C25H36N2O5S/c1-9-23(32-20-12-10-19(11-13-20)27(6)33(8,29)30)25(28)26-18(5)22-15-21(16(2)3)24(31-7)14-17(22)4/h10-16,18,23H,9H2,1-8H3,(H,26,28). The maximum Gasteiger partial charge on any atom is 0.261 e. The summed E-state index contributed by atoms with van der Waals surface area (Å²) in [5.74, 6) is 1.44. The van der Waals surface area contributed by atoms with Crippen LogP contribution in [0.4, 0.5) is 5.69 Å². The van der Waals surface area contributed by atoms with Crippen LogP contribution in [0.15, 0.2) is 36.4 Å². The van der Waals surface area contributed by atoms with Crippen molar-refractivity contribution in [2.75, 3.05) is 24.7 Å². The molecule has 0 fully saturated rings. The maximum absolute atomic E-state index is 13.0. The minimum atomic E-state index is -3.35. The van der Waals surface area contributed by atoms with Crippen molar-refractivity contribution in [2.24, 2.45) is 0 Å². The van der Waals surface area contributed by atoms with Crippen molar-refractivity contribution < 1.29 is 22.7 Å². The molecule has 2 rings (SSSR count). The number of hydrogen-bond acceptors (Lipinski definition) is 5. The Morgan fingerprint density at radius 2 is 1.70 bits per heavy atom. The number of sulfonamides is 1. The zero-order chi connectivity index (χ0) is 24.9. The number of hydrogen-bond donors (Lipinski definition) is 1. The third kappa shape index (κ3) is 6.63. The van der Waals surface area contributed by atoms with Gasteiger partial charge in [0.05, 0.1) is 25.1 Å². The van der Waals surface area contributed by atoms with E-state index in [0.29, 0.717) is 23.8 Å². The SMILES string of the molecule is CCC(Oc1ccc(N(C)S(C)(=O)=O)cc1)C(=O)NC(C)c1cc(C(C)C)c(OC)cc1C. The van der Waals surface area contributed by atoms with Crippen molar-refractivity contribution in [3.05, 3.63) is 53.1 Å². The fourth-order valence-electron chi connectivity index (χ4n) is 3.61. The van der Waals surface area contributed by atoms with Crippen molar-refractivity contribution in [1.82, 2.24) is 5.32 Å². The molecule has 1 amide bonds. The minimum absolute atomic E-state index is 0.204. The summed E-state index contributed by atoms with van der Waals surface area (Å²) in [4.78, 5) is 13.0. The van der Waals surface area contributed by atoms with E-state index in [-0.39, 0.29) is 11.9 Å². The lowest BCUT2D eigenvalue weighted by atomic mass is 9.93. The first-order valence-electron chi connectivity index (χ1n) is 11.1. The molecule has 0 spiro atoms. The lowest BCUT2D eigenvalue weighted by molar-refractivity contribution is -0.128.